The first-order valence-electron chi connectivity index (χ1n) is 6.81. The largest absolute Gasteiger partial charge is 0.381 e. The summed E-state index contributed by atoms with van der Waals surface area (Å²) in [6, 6.07) is 6.50. The number of benzene rings is 1. The lowest BCUT2D eigenvalue weighted by molar-refractivity contribution is 0.712. The molecular formula is C16H23N3. The summed E-state index contributed by atoms with van der Waals surface area (Å²) in [7, 11) is 1.98. The van der Waals surface area contributed by atoms with Crippen LogP contribution < -0.4 is 5.32 Å². The molecule has 1 N–H and O–H groups in total. The van der Waals surface area contributed by atoms with Crippen LogP contribution >= 0.6 is 0 Å². The molecule has 0 atom stereocenters. The van der Waals surface area contributed by atoms with Crippen molar-refractivity contribution in [2.75, 3.05) is 5.32 Å². The first-order chi connectivity index (χ1) is 8.97. The van der Waals surface area contributed by atoms with E-state index in [0.717, 1.165) is 6.54 Å². The molecule has 19 heavy (non-hydrogen) atoms. The Kier molecular flexibility index (Phi) is 3.93. The average molecular weight is 257 g/mol. The highest BCUT2D eigenvalue weighted by Gasteiger charge is 2.11. The number of nitrogens with one attached hydrogen (secondary N) is 1. The van der Waals surface area contributed by atoms with Crippen LogP contribution in [0.4, 0.5) is 5.69 Å². The van der Waals surface area contributed by atoms with Crippen LogP contribution in [0.2, 0.25) is 0 Å². The highest BCUT2D eigenvalue weighted by Crippen LogP contribution is 2.21. The van der Waals surface area contributed by atoms with Gasteiger partial charge in [0.1, 0.15) is 0 Å². The summed E-state index contributed by atoms with van der Waals surface area (Å²) in [5.41, 5.74) is 6.22. The number of hydrogen-bond acceptors (Lipinski definition) is 2. The third-order valence-corrected chi connectivity index (χ3v) is 3.35. The van der Waals surface area contributed by atoms with Gasteiger partial charge in [-0.05, 0) is 37.0 Å². The Morgan fingerprint density at radius 2 is 2.00 bits per heavy atom. The van der Waals surface area contributed by atoms with Gasteiger partial charge in [0.25, 0.3) is 0 Å². The molecule has 0 spiro atoms. The third kappa shape index (κ3) is 3.16. The van der Waals surface area contributed by atoms with E-state index in [1.807, 2.05) is 11.7 Å². The Morgan fingerprint density at radius 1 is 1.26 bits per heavy atom. The Labute approximate surface area is 115 Å². The zero-order chi connectivity index (χ0) is 14.0. The molecule has 0 radical (unpaired) electrons. The van der Waals surface area contributed by atoms with Gasteiger partial charge in [-0.1, -0.05) is 26.0 Å². The summed E-state index contributed by atoms with van der Waals surface area (Å²) < 4.78 is 1.90. The van der Waals surface area contributed by atoms with Gasteiger partial charge in [0.2, 0.25) is 0 Å². The maximum atomic E-state index is 4.54. The molecule has 102 valence electrons. The number of aryl methyl sites for hydroxylation is 3. The molecule has 2 aromatic rings. The van der Waals surface area contributed by atoms with Crippen LogP contribution in [0.1, 0.15) is 42.1 Å². The summed E-state index contributed by atoms with van der Waals surface area (Å²) in [6.45, 7) is 9.45. The second-order valence-electron chi connectivity index (χ2n) is 5.54. The van der Waals surface area contributed by atoms with E-state index in [1.54, 1.807) is 0 Å². The van der Waals surface area contributed by atoms with E-state index in [1.165, 1.54) is 28.1 Å². The van der Waals surface area contributed by atoms with Crippen molar-refractivity contribution in [3.63, 3.8) is 0 Å². The topological polar surface area (TPSA) is 29.9 Å². The van der Waals surface area contributed by atoms with Crippen LogP contribution in [0.3, 0.4) is 0 Å². The molecule has 3 heteroatoms. The minimum absolute atomic E-state index is 0.455. The number of hydrogen-bond donors (Lipinski definition) is 1. The third-order valence-electron chi connectivity index (χ3n) is 3.35. The standard InChI is InChI=1S/C16H23N3/c1-11(2)16-14(10-19(5)18-16)9-17-15-8-12(3)6-7-13(15)4/h6-8,10-11,17H,9H2,1-5H3. The molecule has 0 saturated heterocycles. The summed E-state index contributed by atoms with van der Waals surface area (Å²) in [5, 5.41) is 8.06. The molecule has 0 aliphatic carbocycles. The van der Waals surface area contributed by atoms with E-state index >= 15 is 0 Å². The SMILES string of the molecule is Cc1ccc(C)c(NCc2cn(C)nc2C(C)C)c1. The van der Waals surface area contributed by atoms with Gasteiger partial charge in [0.05, 0.1) is 5.69 Å². The van der Waals surface area contributed by atoms with Gasteiger partial charge >= 0.3 is 0 Å². The van der Waals surface area contributed by atoms with Crippen molar-refractivity contribution in [1.82, 2.24) is 9.78 Å². The van der Waals surface area contributed by atoms with E-state index in [0.29, 0.717) is 5.92 Å². The molecular weight excluding hydrogens is 234 g/mol. The van der Waals surface area contributed by atoms with E-state index in [-0.39, 0.29) is 0 Å². The normalized spacial score (nSPS) is 11.1. The number of rotatable bonds is 4. The number of nitrogens with zero attached hydrogens (tertiary/aromatic N) is 2. The van der Waals surface area contributed by atoms with Gasteiger partial charge < -0.3 is 5.32 Å². The zero-order valence-electron chi connectivity index (χ0n) is 12.5. The molecule has 0 fully saturated rings. The lowest BCUT2D eigenvalue weighted by Gasteiger charge is -2.11. The van der Waals surface area contributed by atoms with E-state index in [9.17, 15) is 0 Å². The minimum atomic E-state index is 0.455. The van der Waals surface area contributed by atoms with Crippen molar-refractivity contribution >= 4 is 5.69 Å². The highest BCUT2D eigenvalue weighted by molar-refractivity contribution is 5.52. The molecule has 0 saturated carbocycles. The quantitative estimate of drug-likeness (QED) is 0.903. The Hall–Kier alpha value is -1.77. The smallest absolute Gasteiger partial charge is 0.0699 e. The Bertz CT molecular complexity index is 567. The summed E-state index contributed by atoms with van der Waals surface area (Å²) in [6.07, 6.45) is 2.10. The lowest BCUT2D eigenvalue weighted by Crippen LogP contribution is -2.04. The first-order valence-corrected chi connectivity index (χ1v) is 6.81. The molecule has 1 aromatic heterocycles. The second-order valence-corrected chi connectivity index (χ2v) is 5.54. The van der Waals surface area contributed by atoms with Gasteiger partial charge in [0, 0.05) is 31.0 Å². The predicted molar refractivity (Wildman–Crippen MR) is 80.5 cm³/mol. The van der Waals surface area contributed by atoms with Crippen LogP contribution in [-0.4, -0.2) is 9.78 Å². The fourth-order valence-electron chi connectivity index (χ4n) is 2.29. The summed E-state index contributed by atoms with van der Waals surface area (Å²) in [4.78, 5) is 0. The van der Waals surface area contributed by atoms with Crippen LogP contribution in [0.25, 0.3) is 0 Å². The number of aromatic nitrogens is 2. The molecule has 1 aromatic carbocycles. The van der Waals surface area contributed by atoms with E-state index < -0.39 is 0 Å². The Balaban J connectivity index is 2.16. The maximum Gasteiger partial charge on any atom is 0.0699 e. The van der Waals surface area contributed by atoms with E-state index in [2.05, 4.69) is 62.5 Å². The molecule has 0 unspecified atom stereocenters. The second kappa shape index (κ2) is 5.47. The minimum Gasteiger partial charge on any atom is -0.381 e. The summed E-state index contributed by atoms with van der Waals surface area (Å²) in [5.74, 6) is 0.455. The van der Waals surface area contributed by atoms with Crippen molar-refractivity contribution in [1.29, 1.82) is 0 Å². The van der Waals surface area contributed by atoms with Gasteiger partial charge in [-0.2, -0.15) is 5.10 Å². The van der Waals surface area contributed by atoms with Gasteiger partial charge in [0.15, 0.2) is 0 Å². The van der Waals surface area contributed by atoms with Gasteiger partial charge in [-0.15, -0.1) is 0 Å². The van der Waals surface area contributed by atoms with Crippen molar-refractivity contribution < 1.29 is 0 Å². The van der Waals surface area contributed by atoms with Gasteiger partial charge in [-0.25, -0.2) is 0 Å². The fraction of sp³-hybridized carbons (Fsp3) is 0.438. The molecule has 0 bridgehead atoms. The van der Waals surface area contributed by atoms with Crippen molar-refractivity contribution in [2.45, 2.75) is 40.2 Å². The molecule has 1 heterocycles. The van der Waals surface area contributed by atoms with Crippen LogP contribution in [0.5, 0.6) is 0 Å². The van der Waals surface area contributed by atoms with Crippen molar-refractivity contribution in [3.8, 4) is 0 Å². The monoisotopic (exact) mass is 257 g/mol. The van der Waals surface area contributed by atoms with Crippen LogP contribution in [0.15, 0.2) is 24.4 Å². The predicted octanol–water partition coefficient (Wildman–Crippen LogP) is 3.77. The van der Waals surface area contributed by atoms with Gasteiger partial charge in [-0.3, -0.25) is 4.68 Å². The molecule has 0 amide bonds. The molecule has 0 aliphatic heterocycles. The molecule has 0 aliphatic rings. The van der Waals surface area contributed by atoms with E-state index in [4.69, 9.17) is 0 Å². The molecule has 3 nitrogen and oxygen atoms in total. The maximum absolute atomic E-state index is 4.54. The fourth-order valence-corrected chi connectivity index (χ4v) is 2.29. The number of anilines is 1. The highest BCUT2D eigenvalue weighted by atomic mass is 15.3. The average Bonchev–Trinajstić information content (AvgIpc) is 2.72. The first kappa shape index (κ1) is 13.7. The Morgan fingerprint density at radius 3 is 2.68 bits per heavy atom. The zero-order valence-corrected chi connectivity index (χ0v) is 12.5. The van der Waals surface area contributed by atoms with Crippen LogP contribution in [-0.2, 0) is 13.6 Å². The molecule has 2 rings (SSSR count). The van der Waals surface area contributed by atoms with Crippen LogP contribution in [0, 0.1) is 13.8 Å². The summed E-state index contributed by atoms with van der Waals surface area (Å²) >= 11 is 0. The van der Waals surface area contributed by atoms with Crippen molar-refractivity contribution in [2.24, 2.45) is 7.05 Å². The van der Waals surface area contributed by atoms with Crippen molar-refractivity contribution in [3.05, 3.63) is 46.8 Å². The lowest BCUT2D eigenvalue weighted by atomic mass is 10.1.